The lowest BCUT2D eigenvalue weighted by atomic mass is 10.2. The summed E-state index contributed by atoms with van der Waals surface area (Å²) < 4.78 is 0. The summed E-state index contributed by atoms with van der Waals surface area (Å²) in [7, 11) is 0. The molecule has 0 atom stereocenters. The highest BCUT2D eigenvalue weighted by Gasteiger charge is 2.09. The summed E-state index contributed by atoms with van der Waals surface area (Å²) in [6, 6.07) is 6.37. The Labute approximate surface area is 111 Å². The van der Waals surface area contributed by atoms with Gasteiger partial charge in [-0.2, -0.15) is 0 Å². The summed E-state index contributed by atoms with van der Waals surface area (Å²) in [4.78, 5) is 48.7. The van der Waals surface area contributed by atoms with Crippen LogP contribution < -0.4 is 16.6 Å². The predicted octanol–water partition coefficient (Wildman–Crippen LogP) is 0.0137. The molecule has 0 bridgehead atoms. The van der Waals surface area contributed by atoms with E-state index in [0.29, 0.717) is 5.69 Å². The Balaban J connectivity index is 2.21. The SMILES string of the molecule is O=C(O)c1ccc(NC(=O)c2cc(=O)[nH]c(=O)[nH]2)cc1. The number of amides is 1. The third-order valence-corrected chi connectivity index (χ3v) is 2.39. The van der Waals surface area contributed by atoms with Crippen molar-refractivity contribution in [2.24, 2.45) is 0 Å². The number of aromatic carboxylic acids is 1. The van der Waals surface area contributed by atoms with E-state index in [4.69, 9.17) is 5.11 Å². The smallest absolute Gasteiger partial charge is 0.335 e. The van der Waals surface area contributed by atoms with Crippen LogP contribution in [0.2, 0.25) is 0 Å². The van der Waals surface area contributed by atoms with Gasteiger partial charge in [0, 0.05) is 11.8 Å². The van der Waals surface area contributed by atoms with Crippen molar-refractivity contribution in [2.45, 2.75) is 0 Å². The van der Waals surface area contributed by atoms with E-state index in [9.17, 15) is 19.2 Å². The van der Waals surface area contributed by atoms with Crippen molar-refractivity contribution >= 4 is 17.6 Å². The van der Waals surface area contributed by atoms with Crippen molar-refractivity contribution in [1.82, 2.24) is 9.97 Å². The van der Waals surface area contributed by atoms with E-state index in [1.165, 1.54) is 24.3 Å². The van der Waals surface area contributed by atoms with Gasteiger partial charge >= 0.3 is 11.7 Å². The number of nitrogens with one attached hydrogen (secondary N) is 3. The highest BCUT2D eigenvalue weighted by molar-refractivity contribution is 6.02. The van der Waals surface area contributed by atoms with Crippen LogP contribution in [0.15, 0.2) is 39.9 Å². The molecule has 2 aromatic rings. The Morgan fingerprint density at radius 3 is 2.25 bits per heavy atom. The fourth-order valence-electron chi connectivity index (χ4n) is 1.49. The van der Waals surface area contributed by atoms with Crippen LogP contribution in [0.4, 0.5) is 5.69 Å². The number of anilines is 1. The molecular formula is C12H9N3O5. The van der Waals surface area contributed by atoms with Gasteiger partial charge < -0.3 is 15.4 Å². The molecule has 0 unspecified atom stereocenters. The van der Waals surface area contributed by atoms with Crippen LogP contribution in [0.25, 0.3) is 0 Å². The standard InChI is InChI=1S/C12H9N3O5/c16-9-5-8(14-12(20)15-9)10(17)13-7-3-1-6(2-4-7)11(18)19/h1-5H,(H,13,17)(H,18,19)(H2,14,15,16,20). The normalized spacial score (nSPS) is 10.0. The first-order valence-corrected chi connectivity index (χ1v) is 5.44. The van der Waals surface area contributed by atoms with Gasteiger partial charge in [-0.3, -0.25) is 14.6 Å². The number of carboxylic acids is 1. The molecule has 1 amide bonds. The minimum absolute atomic E-state index is 0.0764. The first kappa shape index (κ1) is 13.3. The zero-order valence-corrected chi connectivity index (χ0v) is 9.97. The van der Waals surface area contributed by atoms with Crippen molar-refractivity contribution in [3.8, 4) is 0 Å². The second kappa shape index (κ2) is 5.22. The van der Waals surface area contributed by atoms with Gasteiger partial charge in [-0.05, 0) is 24.3 Å². The summed E-state index contributed by atoms with van der Waals surface area (Å²) >= 11 is 0. The maximum Gasteiger partial charge on any atom is 0.335 e. The molecule has 4 N–H and O–H groups in total. The minimum atomic E-state index is -1.08. The largest absolute Gasteiger partial charge is 0.478 e. The maximum absolute atomic E-state index is 11.8. The van der Waals surface area contributed by atoms with Gasteiger partial charge in [0.25, 0.3) is 11.5 Å². The quantitative estimate of drug-likeness (QED) is 0.626. The van der Waals surface area contributed by atoms with Crippen LogP contribution in [-0.4, -0.2) is 27.0 Å². The van der Waals surface area contributed by atoms with Gasteiger partial charge in [-0.25, -0.2) is 9.59 Å². The molecule has 8 nitrogen and oxygen atoms in total. The zero-order chi connectivity index (χ0) is 14.7. The topological polar surface area (TPSA) is 132 Å². The monoisotopic (exact) mass is 275 g/mol. The summed E-state index contributed by atoms with van der Waals surface area (Å²) in [5.74, 6) is -1.77. The molecule has 0 fully saturated rings. The van der Waals surface area contributed by atoms with Crippen molar-refractivity contribution in [3.05, 3.63) is 62.4 Å². The van der Waals surface area contributed by atoms with E-state index in [1.54, 1.807) is 0 Å². The lowest BCUT2D eigenvalue weighted by molar-refractivity contribution is 0.0696. The fraction of sp³-hybridized carbons (Fsp3) is 0. The molecule has 0 radical (unpaired) electrons. The molecule has 2 rings (SSSR count). The van der Waals surface area contributed by atoms with E-state index in [0.717, 1.165) is 6.07 Å². The van der Waals surface area contributed by atoms with Crippen molar-refractivity contribution in [2.75, 3.05) is 5.32 Å². The van der Waals surface area contributed by atoms with Crippen LogP contribution >= 0.6 is 0 Å². The molecular weight excluding hydrogens is 266 g/mol. The molecule has 0 spiro atoms. The molecule has 0 saturated heterocycles. The Kier molecular flexibility index (Phi) is 3.47. The Morgan fingerprint density at radius 2 is 1.70 bits per heavy atom. The number of carbonyl (C=O) groups is 2. The first-order valence-electron chi connectivity index (χ1n) is 5.44. The van der Waals surface area contributed by atoms with Crippen LogP contribution in [0, 0.1) is 0 Å². The lowest BCUT2D eigenvalue weighted by Gasteiger charge is -2.04. The predicted molar refractivity (Wildman–Crippen MR) is 69.0 cm³/mol. The van der Waals surface area contributed by atoms with Gasteiger partial charge in [0.2, 0.25) is 0 Å². The summed E-state index contributed by atoms with van der Waals surface area (Å²) in [6.45, 7) is 0. The molecule has 0 aliphatic heterocycles. The number of carboxylic acid groups (broad SMARTS) is 1. The Bertz CT molecular complexity index is 744. The van der Waals surface area contributed by atoms with Crippen LogP contribution in [0.3, 0.4) is 0 Å². The summed E-state index contributed by atoms with van der Waals surface area (Å²) in [5, 5.41) is 11.2. The van der Waals surface area contributed by atoms with Gasteiger partial charge in [0.1, 0.15) is 5.69 Å². The summed E-state index contributed by atoms with van der Waals surface area (Å²) in [6.07, 6.45) is 0. The minimum Gasteiger partial charge on any atom is -0.478 e. The summed E-state index contributed by atoms with van der Waals surface area (Å²) in [5.41, 5.74) is -1.27. The molecule has 0 saturated carbocycles. The third-order valence-electron chi connectivity index (χ3n) is 2.39. The number of hydrogen-bond donors (Lipinski definition) is 4. The molecule has 1 aromatic carbocycles. The van der Waals surface area contributed by atoms with Gasteiger partial charge in [-0.1, -0.05) is 0 Å². The first-order chi connectivity index (χ1) is 9.45. The fourth-order valence-corrected chi connectivity index (χ4v) is 1.49. The van der Waals surface area contributed by atoms with E-state index in [1.807, 2.05) is 4.98 Å². The maximum atomic E-state index is 11.8. The number of H-pyrrole nitrogens is 2. The Morgan fingerprint density at radius 1 is 1.05 bits per heavy atom. The van der Waals surface area contributed by atoms with Crippen molar-refractivity contribution in [1.29, 1.82) is 0 Å². The van der Waals surface area contributed by atoms with E-state index < -0.39 is 23.1 Å². The lowest BCUT2D eigenvalue weighted by Crippen LogP contribution is -2.27. The second-order valence-corrected chi connectivity index (χ2v) is 3.84. The molecule has 0 aliphatic rings. The highest BCUT2D eigenvalue weighted by Crippen LogP contribution is 2.10. The zero-order valence-electron chi connectivity index (χ0n) is 9.97. The van der Waals surface area contributed by atoms with Crippen LogP contribution in [0.1, 0.15) is 20.8 Å². The average molecular weight is 275 g/mol. The molecule has 102 valence electrons. The second-order valence-electron chi connectivity index (χ2n) is 3.84. The number of hydrogen-bond acceptors (Lipinski definition) is 4. The van der Waals surface area contributed by atoms with E-state index in [-0.39, 0.29) is 11.3 Å². The van der Waals surface area contributed by atoms with Crippen LogP contribution in [-0.2, 0) is 0 Å². The highest BCUT2D eigenvalue weighted by atomic mass is 16.4. The molecule has 8 heteroatoms. The van der Waals surface area contributed by atoms with E-state index >= 15 is 0 Å². The van der Waals surface area contributed by atoms with Crippen molar-refractivity contribution in [3.63, 3.8) is 0 Å². The van der Waals surface area contributed by atoms with E-state index in [2.05, 4.69) is 10.3 Å². The number of carbonyl (C=O) groups excluding carboxylic acids is 1. The number of aromatic nitrogens is 2. The molecule has 1 heterocycles. The molecule has 0 aliphatic carbocycles. The number of rotatable bonds is 3. The molecule has 20 heavy (non-hydrogen) atoms. The number of aromatic amines is 2. The average Bonchev–Trinajstić information content (AvgIpc) is 2.38. The van der Waals surface area contributed by atoms with Gasteiger partial charge in [0.15, 0.2) is 0 Å². The third kappa shape index (κ3) is 2.99. The Hall–Kier alpha value is -3.16. The van der Waals surface area contributed by atoms with Crippen LogP contribution in [0.5, 0.6) is 0 Å². The van der Waals surface area contributed by atoms with Crippen molar-refractivity contribution < 1.29 is 14.7 Å². The van der Waals surface area contributed by atoms with Gasteiger partial charge in [0.05, 0.1) is 5.56 Å². The molecule has 1 aromatic heterocycles. The number of benzene rings is 1. The van der Waals surface area contributed by atoms with Gasteiger partial charge in [-0.15, -0.1) is 0 Å².